The van der Waals surface area contributed by atoms with Crippen LogP contribution in [0.15, 0.2) is 24.3 Å². The zero-order chi connectivity index (χ0) is 14.8. The Morgan fingerprint density at radius 2 is 1.70 bits per heavy atom. The first-order valence-electron chi connectivity index (χ1n) is 7.52. The van der Waals surface area contributed by atoms with Gasteiger partial charge >= 0.3 is 5.97 Å². The molecular formula is C17H25BrO2. The molecule has 0 radical (unpaired) electrons. The number of hydrogen-bond donors (Lipinski definition) is 0. The van der Waals surface area contributed by atoms with Crippen LogP contribution in [-0.4, -0.2) is 12.6 Å². The van der Waals surface area contributed by atoms with Crippen LogP contribution in [-0.2, 0) is 9.53 Å². The SMILES string of the molecule is CCCCCCCCOC(=O)[C@H](Br)c1ccc(C)cc1. The van der Waals surface area contributed by atoms with Crippen molar-refractivity contribution in [2.75, 3.05) is 6.61 Å². The van der Waals surface area contributed by atoms with E-state index in [0.29, 0.717) is 6.61 Å². The first-order valence-corrected chi connectivity index (χ1v) is 8.44. The number of carbonyl (C=O) groups excluding carboxylic acids is 1. The summed E-state index contributed by atoms with van der Waals surface area (Å²) in [7, 11) is 0. The van der Waals surface area contributed by atoms with Gasteiger partial charge in [0.05, 0.1) is 6.61 Å². The van der Waals surface area contributed by atoms with Gasteiger partial charge in [-0.1, -0.05) is 84.8 Å². The number of esters is 1. The van der Waals surface area contributed by atoms with Crippen LogP contribution in [0.5, 0.6) is 0 Å². The van der Waals surface area contributed by atoms with E-state index in [1.54, 1.807) is 0 Å². The summed E-state index contributed by atoms with van der Waals surface area (Å²) in [4.78, 5) is 11.5. The van der Waals surface area contributed by atoms with Crippen LogP contribution < -0.4 is 0 Å². The number of ether oxygens (including phenoxy) is 1. The Hall–Kier alpha value is -0.830. The maximum atomic E-state index is 11.9. The highest BCUT2D eigenvalue weighted by atomic mass is 79.9. The minimum Gasteiger partial charge on any atom is -0.465 e. The van der Waals surface area contributed by atoms with E-state index in [-0.39, 0.29) is 10.8 Å². The smallest absolute Gasteiger partial charge is 0.324 e. The molecule has 1 atom stereocenters. The maximum Gasteiger partial charge on any atom is 0.324 e. The highest BCUT2D eigenvalue weighted by Gasteiger charge is 2.18. The minimum atomic E-state index is -0.358. The predicted molar refractivity (Wildman–Crippen MR) is 87.2 cm³/mol. The zero-order valence-electron chi connectivity index (χ0n) is 12.5. The largest absolute Gasteiger partial charge is 0.465 e. The summed E-state index contributed by atoms with van der Waals surface area (Å²) in [5, 5.41) is 0. The van der Waals surface area contributed by atoms with Crippen molar-refractivity contribution >= 4 is 21.9 Å². The van der Waals surface area contributed by atoms with Crippen LogP contribution in [0.1, 0.15) is 61.4 Å². The summed E-state index contributed by atoms with van der Waals surface area (Å²) >= 11 is 3.40. The molecule has 0 heterocycles. The Labute approximate surface area is 131 Å². The number of hydrogen-bond acceptors (Lipinski definition) is 2. The third kappa shape index (κ3) is 6.56. The van der Waals surface area contributed by atoms with Crippen LogP contribution >= 0.6 is 15.9 Å². The summed E-state index contributed by atoms with van der Waals surface area (Å²) in [5.74, 6) is -0.192. The monoisotopic (exact) mass is 340 g/mol. The average Bonchev–Trinajstić information content (AvgIpc) is 2.46. The maximum absolute atomic E-state index is 11.9. The Balaban J connectivity index is 2.20. The molecule has 20 heavy (non-hydrogen) atoms. The molecule has 0 spiro atoms. The lowest BCUT2D eigenvalue weighted by molar-refractivity contribution is -0.143. The molecule has 1 aromatic carbocycles. The van der Waals surface area contributed by atoms with Crippen LogP contribution in [0, 0.1) is 6.92 Å². The molecule has 0 bridgehead atoms. The molecule has 2 nitrogen and oxygen atoms in total. The fourth-order valence-corrected chi connectivity index (χ4v) is 2.44. The van der Waals surface area contributed by atoms with Crippen molar-refractivity contribution in [3.8, 4) is 0 Å². The lowest BCUT2D eigenvalue weighted by Crippen LogP contribution is -2.12. The molecular weight excluding hydrogens is 316 g/mol. The molecule has 0 aliphatic carbocycles. The summed E-state index contributed by atoms with van der Waals surface area (Å²) in [6.45, 7) is 4.77. The third-order valence-electron chi connectivity index (χ3n) is 3.32. The summed E-state index contributed by atoms with van der Waals surface area (Å²) in [6.07, 6.45) is 7.19. The van der Waals surface area contributed by atoms with E-state index >= 15 is 0 Å². The van der Waals surface area contributed by atoms with Gasteiger partial charge in [-0.05, 0) is 18.9 Å². The molecule has 0 unspecified atom stereocenters. The first-order chi connectivity index (χ1) is 9.65. The molecule has 0 aliphatic heterocycles. The number of aryl methyl sites for hydroxylation is 1. The molecule has 0 amide bonds. The van der Waals surface area contributed by atoms with Crippen molar-refractivity contribution in [2.45, 2.75) is 57.2 Å². The molecule has 0 fully saturated rings. The number of carbonyl (C=O) groups is 1. The van der Waals surface area contributed by atoms with Gasteiger partial charge in [-0.2, -0.15) is 0 Å². The number of rotatable bonds is 9. The van der Waals surface area contributed by atoms with E-state index in [2.05, 4.69) is 22.9 Å². The highest BCUT2D eigenvalue weighted by molar-refractivity contribution is 9.09. The van der Waals surface area contributed by atoms with E-state index in [1.165, 1.54) is 31.2 Å². The van der Waals surface area contributed by atoms with Crippen molar-refractivity contribution in [1.29, 1.82) is 0 Å². The average molecular weight is 341 g/mol. The van der Waals surface area contributed by atoms with Crippen LogP contribution in [0.4, 0.5) is 0 Å². The van der Waals surface area contributed by atoms with Crippen molar-refractivity contribution in [3.63, 3.8) is 0 Å². The zero-order valence-corrected chi connectivity index (χ0v) is 14.1. The molecule has 0 aliphatic rings. The number of benzene rings is 1. The van der Waals surface area contributed by atoms with Crippen molar-refractivity contribution in [2.24, 2.45) is 0 Å². The van der Waals surface area contributed by atoms with Gasteiger partial charge in [0.2, 0.25) is 0 Å². The van der Waals surface area contributed by atoms with Crippen LogP contribution in [0.2, 0.25) is 0 Å². The summed E-state index contributed by atoms with van der Waals surface area (Å²) < 4.78 is 5.31. The second kappa shape index (κ2) is 9.98. The Morgan fingerprint density at radius 1 is 1.10 bits per heavy atom. The first kappa shape index (κ1) is 17.2. The van der Waals surface area contributed by atoms with Gasteiger partial charge in [0.1, 0.15) is 4.83 Å². The topological polar surface area (TPSA) is 26.3 Å². The molecule has 3 heteroatoms. The quantitative estimate of drug-likeness (QED) is 0.344. The molecule has 0 saturated heterocycles. The molecule has 0 aromatic heterocycles. The minimum absolute atomic E-state index is 0.192. The van der Waals surface area contributed by atoms with E-state index in [1.807, 2.05) is 31.2 Å². The van der Waals surface area contributed by atoms with Crippen molar-refractivity contribution < 1.29 is 9.53 Å². The molecule has 1 rings (SSSR count). The Bertz CT molecular complexity index is 386. The van der Waals surface area contributed by atoms with Gasteiger partial charge in [0.15, 0.2) is 0 Å². The van der Waals surface area contributed by atoms with Gasteiger partial charge < -0.3 is 4.74 Å². The van der Waals surface area contributed by atoms with Gasteiger partial charge in [-0.3, -0.25) is 4.79 Å². The molecule has 0 N–H and O–H groups in total. The highest BCUT2D eigenvalue weighted by Crippen LogP contribution is 2.24. The second-order valence-electron chi connectivity index (χ2n) is 5.21. The summed E-state index contributed by atoms with van der Waals surface area (Å²) in [5.41, 5.74) is 2.14. The van der Waals surface area contributed by atoms with Crippen LogP contribution in [0.3, 0.4) is 0 Å². The normalized spacial score (nSPS) is 12.2. The van der Waals surface area contributed by atoms with E-state index < -0.39 is 0 Å². The standard InChI is InChI=1S/C17H25BrO2/c1-3-4-5-6-7-8-13-20-17(19)16(18)15-11-9-14(2)10-12-15/h9-12,16H,3-8,13H2,1-2H3/t16-/m1/s1. The van der Waals surface area contributed by atoms with Gasteiger partial charge in [-0.25, -0.2) is 0 Å². The van der Waals surface area contributed by atoms with Crippen molar-refractivity contribution in [1.82, 2.24) is 0 Å². The third-order valence-corrected chi connectivity index (χ3v) is 4.22. The molecule has 112 valence electrons. The molecule has 1 aromatic rings. The van der Waals surface area contributed by atoms with Gasteiger partial charge in [0.25, 0.3) is 0 Å². The number of halogens is 1. The van der Waals surface area contributed by atoms with Gasteiger partial charge in [-0.15, -0.1) is 0 Å². The fourth-order valence-electron chi connectivity index (χ4n) is 2.00. The van der Waals surface area contributed by atoms with E-state index in [4.69, 9.17) is 4.74 Å². The number of alkyl halides is 1. The lowest BCUT2D eigenvalue weighted by Gasteiger charge is -2.10. The molecule has 0 saturated carbocycles. The van der Waals surface area contributed by atoms with Crippen LogP contribution in [0.25, 0.3) is 0 Å². The van der Waals surface area contributed by atoms with E-state index in [9.17, 15) is 4.79 Å². The Morgan fingerprint density at radius 3 is 2.35 bits per heavy atom. The number of unbranched alkanes of at least 4 members (excludes halogenated alkanes) is 5. The predicted octanol–water partition coefficient (Wildman–Crippen LogP) is 5.33. The lowest BCUT2D eigenvalue weighted by atomic mass is 10.1. The van der Waals surface area contributed by atoms with Crippen molar-refractivity contribution in [3.05, 3.63) is 35.4 Å². The Kier molecular flexibility index (Phi) is 8.59. The van der Waals surface area contributed by atoms with E-state index in [0.717, 1.165) is 18.4 Å². The van der Waals surface area contributed by atoms with Gasteiger partial charge in [0, 0.05) is 0 Å². The summed E-state index contributed by atoms with van der Waals surface area (Å²) in [6, 6.07) is 7.93. The fraction of sp³-hybridized carbons (Fsp3) is 0.588. The second-order valence-corrected chi connectivity index (χ2v) is 6.12.